The smallest absolute Gasteiger partial charge is 0.103 e. The molecule has 0 aliphatic heterocycles. The van der Waals surface area contributed by atoms with Crippen LogP contribution in [0.15, 0.2) is 30.3 Å². The second-order valence-electron chi connectivity index (χ2n) is 3.10. The summed E-state index contributed by atoms with van der Waals surface area (Å²) in [4.78, 5) is 0. The van der Waals surface area contributed by atoms with Gasteiger partial charge in [-0.25, -0.2) is 4.39 Å². The van der Waals surface area contributed by atoms with Crippen LogP contribution in [0.2, 0.25) is 0 Å². The standard InChI is InChI=1S/C11H14F2/c12-9-8-11(13)7-6-10-4-2-1-3-5-10/h1-5,11H,6-9H2. The van der Waals surface area contributed by atoms with Gasteiger partial charge in [0.25, 0.3) is 0 Å². The molecule has 1 atom stereocenters. The Kier molecular flexibility index (Phi) is 4.44. The van der Waals surface area contributed by atoms with E-state index in [0.29, 0.717) is 12.8 Å². The SMILES string of the molecule is FCCC(F)CCc1ccccc1. The number of aryl methyl sites for hydroxylation is 1. The van der Waals surface area contributed by atoms with Crippen LogP contribution in [-0.2, 0) is 6.42 Å². The van der Waals surface area contributed by atoms with Gasteiger partial charge < -0.3 is 0 Å². The number of hydrogen-bond acceptors (Lipinski definition) is 0. The van der Waals surface area contributed by atoms with Gasteiger partial charge in [0.1, 0.15) is 6.17 Å². The lowest BCUT2D eigenvalue weighted by molar-refractivity contribution is 0.269. The molecule has 0 heterocycles. The zero-order valence-electron chi connectivity index (χ0n) is 7.55. The van der Waals surface area contributed by atoms with Gasteiger partial charge in [0.2, 0.25) is 0 Å². The fourth-order valence-electron chi connectivity index (χ4n) is 1.23. The van der Waals surface area contributed by atoms with E-state index in [9.17, 15) is 8.78 Å². The van der Waals surface area contributed by atoms with Crippen LogP contribution in [0.5, 0.6) is 0 Å². The largest absolute Gasteiger partial charge is 0.251 e. The number of alkyl halides is 2. The van der Waals surface area contributed by atoms with E-state index in [1.165, 1.54) is 0 Å². The quantitative estimate of drug-likeness (QED) is 0.658. The van der Waals surface area contributed by atoms with E-state index < -0.39 is 12.8 Å². The van der Waals surface area contributed by atoms with E-state index in [4.69, 9.17) is 0 Å². The zero-order valence-corrected chi connectivity index (χ0v) is 7.55. The molecule has 1 rings (SSSR count). The first kappa shape index (κ1) is 10.2. The Balaban J connectivity index is 2.27. The van der Waals surface area contributed by atoms with Crippen molar-refractivity contribution >= 4 is 0 Å². The van der Waals surface area contributed by atoms with E-state index in [2.05, 4.69) is 0 Å². The number of benzene rings is 1. The summed E-state index contributed by atoms with van der Waals surface area (Å²) in [6, 6.07) is 9.71. The van der Waals surface area contributed by atoms with Crippen LogP contribution >= 0.6 is 0 Å². The second kappa shape index (κ2) is 5.68. The minimum Gasteiger partial charge on any atom is -0.251 e. The van der Waals surface area contributed by atoms with Crippen molar-refractivity contribution in [2.75, 3.05) is 6.67 Å². The van der Waals surface area contributed by atoms with Gasteiger partial charge in [-0.2, -0.15) is 0 Å². The fraction of sp³-hybridized carbons (Fsp3) is 0.455. The summed E-state index contributed by atoms with van der Waals surface area (Å²) in [7, 11) is 0. The van der Waals surface area contributed by atoms with E-state index >= 15 is 0 Å². The van der Waals surface area contributed by atoms with Gasteiger partial charge in [-0.3, -0.25) is 4.39 Å². The third-order valence-corrected chi connectivity index (χ3v) is 2.01. The Hall–Kier alpha value is -0.920. The molecule has 0 amide bonds. The lowest BCUT2D eigenvalue weighted by Gasteiger charge is -2.04. The van der Waals surface area contributed by atoms with Gasteiger partial charge in [0, 0.05) is 6.42 Å². The predicted molar refractivity (Wildman–Crippen MR) is 50.3 cm³/mol. The number of rotatable bonds is 5. The van der Waals surface area contributed by atoms with Crippen molar-refractivity contribution in [3.05, 3.63) is 35.9 Å². The van der Waals surface area contributed by atoms with Crippen molar-refractivity contribution in [3.8, 4) is 0 Å². The first-order valence-electron chi connectivity index (χ1n) is 4.57. The maximum Gasteiger partial charge on any atom is 0.103 e. The van der Waals surface area contributed by atoms with Crippen LogP contribution in [0.4, 0.5) is 8.78 Å². The first-order valence-corrected chi connectivity index (χ1v) is 4.57. The zero-order chi connectivity index (χ0) is 9.52. The average molecular weight is 184 g/mol. The van der Waals surface area contributed by atoms with E-state index in [1.54, 1.807) is 0 Å². The molecular formula is C11H14F2. The van der Waals surface area contributed by atoms with Crippen LogP contribution in [0.25, 0.3) is 0 Å². The Labute approximate surface area is 77.6 Å². The molecule has 0 saturated carbocycles. The van der Waals surface area contributed by atoms with E-state index in [1.807, 2.05) is 30.3 Å². The van der Waals surface area contributed by atoms with Gasteiger partial charge in [-0.1, -0.05) is 30.3 Å². The summed E-state index contributed by atoms with van der Waals surface area (Å²) in [5.41, 5.74) is 1.11. The van der Waals surface area contributed by atoms with Gasteiger partial charge >= 0.3 is 0 Å². The maximum absolute atomic E-state index is 12.8. The van der Waals surface area contributed by atoms with Crippen LogP contribution < -0.4 is 0 Å². The Morgan fingerprint density at radius 2 is 1.77 bits per heavy atom. The third kappa shape index (κ3) is 4.02. The van der Waals surface area contributed by atoms with Crippen LogP contribution in [0, 0.1) is 0 Å². The molecule has 1 unspecified atom stereocenters. The molecule has 0 N–H and O–H groups in total. The summed E-state index contributed by atoms with van der Waals surface area (Å²) >= 11 is 0. The van der Waals surface area contributed by atoms with Gasteiger partial charge in [0.15, 0.2) is 0 Å². The molecule has 0 bridgehead atoms. The Bertz CT molecular complexity index is 221. The summed E-state index contributed by atoms with van der Waals surface area (Å²) in [5, 5.41) is 0. The minimum absolute atomic E-state index is 0.0346. The Morgan fingerprint density at radius 1 is 1.08 bits per heavy atom. The molecule has 2 heteroatoms. The predicted octanol–water partition coefficient (Wildman–Crippen LogP) is 3.32. The van der Waals surface area contributed by atoms with E-state index in [0.717, 1.165) is 5.56 Å². The van der Waals surface area contributed by atoms with Crippen molar-refractivity contribution in [3.63, 3.8) is 0 Å². The molecule has 72 valence electrons. The lowest BCUT2D eigenvalue weighted by atomic mass is 10.1. The molecule has 1 aromatic carbocycles. The molecule has 0 aromatic heterocycles. The molecule has 0 aliphatic carbocycles. The van der Waals surface area contributed by atoms with Gasteiger partial charge in [0.05, 0.1) is 6.67 Å². The summed E-state index contributed by atoms with van der Waals surface area (Å²) in [6.45, 7) is -0.560. The molecule has 0 spiro atoms. The maximum atomic E-state index is 12.8. The molecule has 0 saturated heterocycles. The molecule has 0 radical (unpaired) electrons. The molecule has 0 aliphatic rings. The van der Waals surface area contributed by atoms with Crippen molar-refractivity contribution in [2.45, 2.75) is 25.4 Å². The summed E-state index contributed by atoms with van der Waals surface area (Å²) in [6.07, 6.45) is 0.160. The normalized spacial score (nSPS) is 12.8. The van der Waals surface area contributed by atoms with Crippen LogP contribution in [0.3, 0.4) is 0 Å². The minimum atomic E-state index is -0.995. The number of halogens is 2. The highest BCUT2D eigenvalue weighted by atomic mass is 19.1. The second-order valence-corrected chi connectivity index (χ2v) is 3.10. The summed E-state index contributed by atoms with van der Waals surface area (Å²) in [5.74, 6) is 0. The first-order chi connectivity index (χ1) is 6.33. The van der Waals surface area contributed by atoms with Crippen LogP contribution in [0.1, 0.15) is 18.4 Å². The number of hydrogen-bond donors (Lipinski definition) is 0. The van der Waals surface area contributed by atoms with Crippen molar-refractivity contribution < 1.29 is 8.78 Å². The molecule has 0 fully saturated rings. The highest BCUT2D eigenvalue weighted by Crippen LogP contribution is 2.09. The van der Waals surface area contributed by atoms with Crippen LogP contribution in [-0.4, -0.2) is 12.8 Å². The van der Waals surface area contributed by atoms with E-state index in [-0.39, 0.29) is 6.42 Å². The molecule has 0 nitrogen and oxygen atoms in total. The molecule has 13 heavy (non-hydrogen) atoms. The molecule has 1 aromatic rings. The van der Waals surface area contributed by atoms with Crippen molar-refractivity contribution in [1.82, 2.24) is 0 Å². The highest BCUT2D eigenvalue weighted by molar-refractivity contribution is 5.14. The van der Waals surface area contributed by atoms with Gasteiger partial charge in [-0.15, -0.1) is 0 Å². The monoisotopic (exact) mass is 184 g/mol. The highest BCUT2D eigenvalue weighted by Gasteiger charge is 2.05. The van der Waals surface area contributed by atoms with Crippen molar-refractivity contribution in [1.29, 1.82) is 0 Å². The van der Waals surface area contributed by atoms with Crippen molar-refractivity contribution in [2.24, 2.45) is 0 Å². The lowest BCUT2D eigenvalue weighted by Crippen LogP contribution is -2.02. The average Bonchev–Trinajstić information content (AvgIpc) is 2.17. The van der Waals surface area contributed by atoms with Gasteiger partial charge in [-0.05, 0) is 18.4 Å². The Morgan fingerprint density at radius 3 is 2.38 bits per heavy atom. The topological polar surface area (TPSA) is 0 Å². The summed E-state index contributed by atoms with van der Waals surface area (Å²) < 4.78 is 24.6. The third-order valence-electron chi connectivity index (χ3n) is 2.01. The molecular weight excluding hydrogens is 170 g/mol. The fourth-order valence-corrected chi connectivity index (χ4v) is 1.23.